The third kappa shape index (κ3) is 3.30. The zero-order valence-corrected chi connectivity index (χ0v) is 14.7. The molecule has 0 aromatic rings. The highest BCUT2D eigenvalue weighted by Crippen LogP contribution is 2.59. The van der Waals surface area contributed by atoms with Gasteiger partial charge in [-0.05, 0) is 24.7 Å². The molecule has 1 heterocycles. The smallest absolute Gasteiger partial charge is 0.330 e. The van der Waals surface area contributed by atoms with E-state index in [0.717, 1.165) is 11.3 Å². The molecule has 1 aliphatic carbocycles. The molecule has 6 heteroatoms. The molecule has 1 saturated carbocycles. The summed E-state index contributed by atoms with van der Waals surface area (Å²) < 4.78 is 5.24. The number of carbonyl (C=O) groups is 3. The van der Waals surface area contributed by atoms with Crippen molar-refractivity contribution in [3.05, 3.63) is 11.6 Å². The summed E-state index contributed by atoms with van der Waals surface area (Å²) in [6.07, 6.45) is 8.22. The molecular weight excluding hydrogens is 308 g/mol. The summed E-state index contributed by atoms with van der Waals surface area (Å²) in [5.41, 5.74) is 1.07. The zero-order chi connectivity index (χ0) is 18.1. The average molecular weight is 332 g/mol. The van der Waals surface area contributed by atoms with E-state index in [1.165, 1.54) is 10.5 Å². The molecule has 2 rings (SSSR count). The Morgan fingerprint density at radius 2 is 2.12 bits per heavy atom. The van der Waals surface area contributed by atoms with Crippen LogP contribution in [0.15, 0.2) is 11.6 Å². The molecule has 1 aliphatic heterocycles. The van der Waals surface area contributed by atoms with Crippen molar-refractivity contribution in [2.75, 3.05) is 19.8 Å². The summed E-state index contributed by atoms with van der Waals surface area (Å²) in [4.78, 5) is 38.4. The van der Waals surface area contributed by atoms with Gasteiger partial charge in [-0.25, -0.2) is 9.69 Å². The van der Waals surface area contributed by atoms with E-state index in [1.807, 2.05) is 20.8 Å². The second kappa shape index (κ2) is 6.68. The number of allylic oxidation sites excluding steroid dienone is 2. The Balaban J connectivity index is 1.94. The molecule has 0 spiro atoms. The van der Waals surface area contributed by atoms with Crippen LogP contribution in [0.2, 0.25) is 0 Å². The number of esters is 1. The topological polar surface area (TPSA) is 66.9 Å². The van der Waals surface area contributed by atoms with Gasteiger partial charge in [0.2, 0.25) is 0 Å². The highest BCUT2D eigenvalue weighted by molar-refractivity contribution is 6.02. The molecule has 6 nitrogen and oxygen atoms in total. The molecule has 3 amide bonds. The van der Waals surface area contributed by atoms with Crippen LogP contribution in [-0.2, 0) is 14.3 Å². The van der Waals surface area contributed by atoms with E-state index < -0.39 is 11.9 Å². The number of hydrogen-bond donors (Lipinski definition) is 0. The van der Waals surface area contributed by atoms with Crippen molar-refractivity contribution in [1.29, 1.82) is 0 Å². The molecule has 0 aromatic heterocycles. The van der Waals surface area contributed by atoms with Crippen molar-refractivity contribution in [2.45, 2.75) is 34.1 Å². The van der Waals surface area contributed by atoms with Crippen LogP contribution in [-0.4, -0.2) is 47.5 Å². The first-order chi connectivity index (χ1) is 11.2. The van der Waals surface area contributed by atoms with Crippen molar-refractivity contribution in [3.8, 4) is 12.3 Å². The number of hydrogen-bond acceptors (Lipinski definition) is 4. The minimum atomic E-state index is -0.515. The van der Waals surface area contributed by atoms with Gasteiger partial charge in [0.15, 0.2) is 6.73 Å². The number of nitrogens with zero attached hydrogens (tertiary/aromatic N) is 2. The standard InChI is InChI=1S/C18H24N2O4/c1-6-8-19-10-14(21)20(17(19)23)11-24-16(22)15-13(18(15,4)5)9-12(3)7-2/h1,9,13,15H,7-8,10-11H2,2-5H3/b12-9+/t13?,15-/m0/s1. The number of carbonyl (C=O) groups excluding carboxylic acids is 3. The highest BCUT2D eigenvalue weighted by Gasteiger charge is 2.61. The van der Waals surface area contributed by atoms with Crippen LogP contribution >= 0.6 is 0 Å². The molecule has 130 valence electrons. The van der Waals surface area contributed by atoms with Crippen LogP contribution in [0.4, 0.5) is 4.79 Å². The van der Waals surface area contributed by atoms with Gasteiger partial charge in [-0.1, -0.05) is 38.3 Å². The lowest BCUT2D eigenvalue weighted by atomic mass is 10.1. The fraction of sp³-hybridized carbons (Fsp3) is 0.611. The third-order valence-electron chi connectivity index (χ3n) is 4.93. The number of imide groups is 1. The van der Waals surface area contributed by atoms with Gasteiger partial charge >= 0.3 is 12.0 Å². The second-order valence-electron chi connectivity index (χ2n) is 6.95. The Hall–Kier alpha value is -2.29. The molecule has 0 bridgehead atoms. The largest absolute Gasteiger partial charge is 0.443 e. The Bertz CT molecular complexity index is 629. The summed E-state index contributed by atoms with van der Waals surface area (Å²) in [5, 5.41) is 0. The summed E-state index contributed by atoms with van der Waals surface area (Å²) in [6, 6.07) is -0.515. The van der Waals surface area contributed by atoms with Gasteiger partial charge in [0.1, 0.15) is 6.54 Å². The lowest BCUT2D eigenvalue weighted by Crippen LogP contribution is -2.36. The van der Waals surface area contributed by atoms with E-state index in [-0.39, 0.29) is 43.0 Å². The number of ether oxygens (including phenoxy) is 1. The van der Waals surface area contributed by atoms with E-state index in [2.05, 4.69) is 18.9 Å². The Morgan fingerprint density at radius 3 is 2.71 bits per heavy atom. The van der Waals surface area contributed by atoms with Gasteiger partial charge < -0.3 is 9.64 Å². The molecule has 1 unspecified atom stereocenters. The summed E-state index contributed by atoms with van der Waals surface area (Å²) in [7, 11) is 0. The van der Waals surface area contributed by atoms with Gasteiger partial charge in [-0.15, -0.1) is 6.42 Å². The monoisotopic (exact) mass is 332 g/mol. The van der Waals surface area contributed by atoms with Crippen LogP contribution in [0.5, 0.6) is 0 Å². The van der Waals surface area contributed by atoms with E-state index in [0.29, 0.717) is 0 Å². The quantitative estimate of drug-likeness (QED) is 0.323. The van der Waals surface area contributed by atoms with Crippen molar-refractivity contribution in [1.82, 2.24) is 9.80 Å². The van der Waals surface area contributed by atoms with E-state index in [9.17, 15) is 14.4 Å². The van der Waals surface area contributed by atoms with E-state index in [4.69, 9.17) is 11.2 Å². The predicted molar refractivity (Wildman–Crippen MR) is 88.4 cm³/mol. The van der Waals surface area contributed by atoms with Gasteiger partial charge in [0.05, 0.1) is 12.5 Å². The average Bonchev–Trinajstić information content (AvgIpc) is 2.94. The molecule has 1 saturated heterocycles. The molecule has 2 atom stereocenters. The first kappa shape index (κ1) is 18.1. The Labute approximate surface area is 142 Å². The van der Waals surface area contributed by atoms with Gasteiger partial charge in [-0.2, -0.15) is 0 Å². The summed E-state index contributed by atoms with van der Waals surface area (Å²) in [6.45, 7) is 7.78. The third-order valence-corrected chi connectivity index (χ3v) is 4.93. The molecule has 0 aromatic carbocycles. The lowest BCUT2D eigenvalue weighted by Gasteiger charge is -2.15. The number of rotatable bonds is 6. The van der Waals surface area contributed by atoms with Crippen LogP contribution in [0.25, 0.3) is 0 Å². The molecule has 24 heavy (non-hydrogen) atoms. The van der Waals surface area contributed by atoms with Crippen molar-refractivity contribution >= 4 is 17.9 Å². The van der Waals surface area contributed by atoms with Crippen LogP contribution in [0.3, 0.4) is 0 Å². The van der Waals surface area contributed by atoms with Crippen molar-refractivity contribution in [3.63, 3.8) is 0 Å². The van der Waals surface area contributed by atoms with Gasteiger partial charge in [-0.3, -0.25) is 9.59 Å². The van der Waals surface area contributed by atoms with Gasteiger partial charge in [0, 0.05) is 0 Å². The normalized spacial score (nSPS) is 25.7. The Kier molecular flexibility index (Phi) is 5.02. The fourth-order valence-electron chi connectivity index (χ4n) is 3.04. The van der Waals surface area contributed by atoms with E-state index in [1.54, 1.807) is 0 Å². The van der Waals surface area contributed by atoms with Crippen LogP contribution < -0.4 is 0 Å². The first-order valence-corrected chi connectivity index (χ1v) is 8.10. The number of urea groups is 1. The van der Waals surface area contributed by atoms with Gasteiger partial charge in [0.25, 0.3) is 5.91 Å². The highest BCUT2D eigenvalue weighted by atomic mass is 16.5. The zero-order valence-electron chi connectivity index (χ0n) is 14.7. The maximum atomic E-state index is 12.3. The maximum Gasteiger partial charge on any atom is 0.330 e. The minimum absolute atomic E-state index is 0.0633. The first-order valence-electron chi connectivity index (χ1n) is 8.10. The second-order valence-corrected chi connectivity index (χ2v) is 6.95. The molecule has 0 N–H and O–H groups in total. The summed E-state index contributed by atoms with van der Waals surface area (Å²) >= 11 is 0. The van der Waals surface area contributed by atoms with Crippen LogP contribution in [0.1, 0.15) is 34.1 Å². The molecular formula is C18H24N2O4. The maximum absolute atomic E-state index is 12.3. The SMILES string of the molecule is C#CCN1CC(=O)N(COC(=O)[C@@H]2C(/C=C(\C)CC)C2(C)C)C1=O. The van der Waals surface area contributed by atoms with Crippen molar-refractivity contribution < 1.29 is 19.1 Å². The van der Waals surface area contributed by atoms with Crippen molar-refractivity contribution in [2.24, 2.45) is 17.3 Å². The number of amides is 3. The van der Waals surface area contributed by atoms with Crippen LogP contribution in [0, 0.1) is 29.6 Å². The Morgan fingerprint density at radius 1 is 1.46 bits per heavy atom. The minimum Gasteiger partial charge on any atom is -0.443 e. The fourth-order valence-corrected chi connectivity index (χ4v) is 3.04. The van der Waals surface area contributed by atoms with E-state index >= 15 is 0 Å². The molecule has 2 fully saturated rings. The summed E-state index contributed by atoms with van der Waals surface area (Å²) in [5.74, 6) is 1.44. The number of terminal acetylenes is 1. The predicted octanol–water partition coefficient (Wildman–Crippen LogP) is 2.01. The molecule has 0 radical (unpaired) electrons. The lowest BCUT2D eigenvalue weighted by molar-refractivity contribution is -0.151. The molecule has 2 aliphatic rings.